The van der Waals surface area contributed by atoms with Crippen LogP contribution in [0.3, 0.4) is 0 Å². The minimum atomic E-state index is -0.897. The van der Waals surface area contributed by atoms with Crippen molar-refractivity contribution in [1.82, 2.24) is 4.90 Å². The Labute approximate surface area is 117 Å². The van der Waals surface area contributed by atoms with Gasteiger partial charge in [-0.1, -0.05) is 19.8 Å². The van der Waals surface area contributed by atoms with E-state index in [4.69, 9.17) is 5.73 Å². The molecule has 2 aliphatic rings. The normalized spacial score (nSPS) is 29.1. The Bertz CT molecular complexity index is 365. The molecule has 2 fully saturated rings. The Kier molecular flexibility index (Phi) is 4.40. The van der Waals surface area contributed by atoms with Crippen LogP contribution in [0.5, 0.6) is 0 Å². The lowest BCUT2D eigenvalue weighted by Gasteiger charge is -2.44. The minimum absolute atomic E-state index is 0.00243. The molecule has 1 saturated carbocycles. The first-order valence-electron chi connectivity index (χ1n) is 6.93. The largest absolute Gasteiger partial charge is 0.480 e. The van der Waals surface area contributed by atoms with Gasteiger partial charge in [-0.3, -0.25) is 4.79 Å². The second kappa shape index (κ2) is 5.71. The van der Waals surface area contributed by atoms with Crippen molar-refractivity contribution >= 4 is 23.6 Å². The van der Waals surface area contributed by atoms with E-state index in [1.165, 1.54) is 0 Å². The monoisotopic (exact) mass is 286 g/mol. The van der Waals surface area contributed by atoms with Crippen LogP contribution < -0.4 is 5.73 Å². The van der Waals surface area contributed by atoms with Crippen LogP contribution in [0.25, 0.3) is 0 Å². The average Bonchev–Trinajstić information content (AvgIpc) is 2.72. The smallest absolute Gasteiger partial charge is 0.327 e. The quantitative estimate of drug-likeness (QED) is 0.795. The maximum absolute atomic E-state index is 12.7. The summed E-state index contributed by atoms with van der Waals surface area (Å²) in [7, 11) is 0. The van der Waals surface area contributed by atoms with Gasteiger partial charge in [-0.15, -0.1) is 11.8 Å². The molecule has 5 nitrogen and oxygen atoms in total. The Hall–Kier alpha value is -0.750. The van der Waals surface area contributed by atoms with Crippen LogP contribution in [-0.2, 0) is 9.59 Å². The molecule has 1 aliphatic carbocycles. The van der Waals surface area contributed by atoms with Crippen LogP contribution in [0.4, 0.5) is 0 Å². The van der Waals surface area contributed by atoms with E-state index in [0.29, 0.717) is 12.3 Å². The summed E-state index contributed by atoms with van der Waals surface area (Å²) >= 11 is 1.58. The molecule has 19 heavy (non-hydrogen) atoms. The molecule has 108 valence electrons. The SMILES string of the molecule is CCCC1SCC(C(=O)O)N1C(=O)C1(CN)CCC1. The first kappa shape index (κ1) is 14.7. The maximum Gasteiger partial charge on any atom is 0.327 e. The van der Waals surface area contributed by atoms with Crippen molar-refractivity contribution < 1.29 is 14.7 Å². The predicted molar refractivity (Wildman–Crippen MR) is 74.8 cm³/mol. The number of carbonyl (C=O) groups is 2. The van der Waals surface area contributed by atoms with Crippen LogP contribution in [0, 0.1) is 5.41 Å². The van der Waals surface area contributed by atoms with Crippen molar-refractivity contribution in [1.29, 1.82) is 0 Å². The van der Waals surface area contributed by atoms with E-state index < -0.39 is 17.4 Å². The maximum atomic E-state index is 12.7. The summed E-state index contributed by atoms with van der Waals surface area (Å²) in [6, 6.07) is -0.682. The second-order valence-electron chi connectivity index (χ2n) is 5.48. The van der Waals surface area contributed by atoms with Crippen molar-refractivity contribution in [2.45, 2.75) is 50.4 Å². The highest BCUT2D eigenvalue weighted by molar-refractivity contribution is 8.00. The molecule has 2 rings (SSSR count). The lowest BCUT2D eigenvalue weighted by atomic mass is 9.67. The molecule has 0 radical (unpaired) electrons. The molecule has 0 aromatic carbocycles. The van der Waals surface area contributed by atoms with Crippen molar-refractivity contribution in [2.75, 3.05) is 12.3 Å². The molecule has 0 bridgehead atoms. The summed E-state index contributed by atoms with van der Waals surface area (Å²) in [5.41, 5.74) is 5.29. The van der Waals surface area contributed by atoms with Gasteiger partial charge in [0.05, 0.1) is 10.8 Å². The van der Waals surface area contributed by atoms with E-state index in [-0.39, 0.29) is 11.3 Å². The van der Waals surface area contributed by atoms with Gasteiger partial charge in [-0.25, -0.2) is 4.79 Å². The van der Waals surface area contributed by atoms with Crippen LogP contribution in [0.2, 0.25) is 0 Å². The molecule has 1 saturated heterocycles. The van der Waals surface area contributed by atoms with Gasteiger partial charge in [0.15, 0.2) is 0 Å². The Morgan fingerprint density at radius 1 is 1.47 bits per heavy atom. The third kappa shape index (κ3) is 2.48. The van der Waals surface area contributed by atoms with Gasteiger partial charge < -0.3 is 15.7 Å². The van der Waals surface area contributed by atoms with Gasteiger partial charge in [-0.05, 0) is 19.3 Å². The highest BCUT2D eigenvalue weighted by atomic mass is 32.2. The van der Waals surface area contributed by atoms with E-state index in [0.717, 1.165) is 32.1 Å². The fraction of sp³-hybridized carbons (Fsp3) is 0.846. The summed E-state index contributed by atoms with van der Waals surface area (Å²) < 4.78 is 0. The van der Waals surface area contributed by atoms with Crippen molar-refractivity contribution in [2.24, 2.45) is 11.1 Å². The van der Waals surface area contributed by atoms with E-state index in [1.54, 1.807) is 16.7 Å². The molecule has 2 unspecified atom stereocenters. The van der Waals surface area contributed by atoms with E-state index in [1.807, 2.05) is 0 Å². The third-order valence-corrected chi connectivity index (χ3v) is 5.66. The predicted octanol–water partition coefficient (Wildman–Crippen LogP) is 1.27. The van der Waals surface area contributed by atoms with Crippen LogP contribution in [0.1, 0.15) is 39.0 Å². The summed E-state index contributed by atoms with van der Waals surface area (Å²) in [6.07, 6.45) is 4.41. The van der Waals surface area contributed by atoms with Gasteiger partial charge in [0.25, 0.3) is 0 Å². The molecule has 6 heteroatoms. The number of nitrogens with zero attached hydrogens (tertiary/aromatic N) is 1. The number of amides is 1. The topological polar surface area (TPSA) is 83.6 Å². The molecule has 1 heterocycles. The van der Waals surface area contributed by atoms with Crippen LogP contribution in [-0.4, -0.2) is 45.6 Å². The molecular weight excluding hydrogens is 264 g/mol. The van der Waals surface area contributed by atoms with Gasteiger partial charge in [-0.2, -0.15) is 0 Å². The highest BCUT2D eigenvalue weighted by Gasteiger charge is 2.51. The molecule has 3 N–H and O–H groups in total. The number of rotatable bonds is 5. The van der Waals surface area contributed by atoms with Crippen molar-refractivity contribution in [3.05, 3.63) is 0 Å². The Morgan fingerprint density at radius 2 is 2.16 bits per heavy atom. The lowest BCUT2D eigenvalue weighted by Crippen LogP contribution is -2.56. The molecule has 0 aromatic rings. The molecule has 2 atom stereocenters. The standard InChI is InChI=1S/C13H22N2O3S/c1-2-4-10-15(9(7-19-10)11(16)17)12(18)13(8-14)5-3-6-13/h9-10H,2-8,14H2,1H3,(H,16,17). The number of carboxylic acids is 1. The summed E-state index contributed by atoms with van der Waals surface area (Å²) in [6.45, 7) is 2.39. The Balaban J connectivity index is 2.20. The number of hydrogen-bond acceptors (Lipinski definition) is 4. The van der Waals surface area contributed by atoms with Crippen LogP contribution >= 0.6 is 11.8 Å². The van der Waals surface area contributed by atoms with Gasteiger partial charge in [0, 0.05) is 12.3 Å². The highest BCUT2D eigenvalue weighted by Crippen LogP contribution is 2.45. The zero-order chi connectivity index (χ0) is 14.0. The zero-order valence-electron chi connectivity index (χ0n) is 11.3. The van der Waals surface area contributed by atoms with Crippen LogP contribution in [0.15, 0.2) is 0 Å². The molecular formula is C13H22N2O3S. The minimum Gasteiger partial charge on any atom is -0.480 e. The van der Waals surface area contributed by atoms with Crippen molar-refractivity contribution in [3.63, 3.8) is 0 Å². The second-order valence-corrected chi connectivity index (χ2v) is 6.69. The fourth-order valence-corrected chi connectivity index (χ4v) is 4.39. The lowest BCUT2D eigenvalue weighted by molar-refractivity contribution is -0.157. The van der Waals surface area contributed by atoms with Gasteiger partial charge in [0.1, 0.15) is 6.04 Å². The molecule has 0 spiro atoms. The molecule has 1 amide bonds. The summed E-state index contributed by atoms with van der Waals surface area (Å²) in [4.78, 5) is 25.7. The van der Waals surface area contributed by atoms with E-state index >= 15 is 0 Å². The van der Waals surface area contributed by atoms with Crippen molar-refractivity contribution in [3.8, 4) is 0 Å². The van der Waals surface area contributed by atoms with Gasteiger partial charge in [0.2, 0.25) is 5.91 Å². The Morgan fingerprint density at radius 3 is 2.58 bits per heavy atom. The summed E-state index contributed by atoms with van der Waals surface area (Å²) in [5, 5.41) is 9.31. The molecule has 0 aromatic heterocycles. The van der Waals surface area contributed by atoms with E-state index in [9.17, 15) is 14.7 Å². The third-order valence-electron chi connectivity index (χ3n) is 4.30. The molecule has 1 aliphatic heterocycles. The zero-order valence-corrected chi connectivity index (χ0v) is 12.1. The number of thioether (sulfide) groups is 1. The van der Waals surface area contributed by atoms with Gasteiger partial charge >= 0.3 is 5.97 Å². The number of carbonyl (C=O) groups excluding carboxylic acids is 1. The summed E-state index contributed by atoms with van der Waals surface area (Å²) in [5.74, 6) is -0.435. The number of nitrogens with two attached hydrogens (primary N) is 1. The first-order chi connectivity index (χ1) is 9.05. The van der Waals surface area contributed by atoms with E-state index in [2.05, 4.69) is 6.92 Å². The average molecular weight is 286 g/mol. The number of carboxylic acid groups (broad SMARTS) is 1. The fourth-order valence-electron chi connectivity index (χ4n) is 2.88. The number of hydrogen-bond donors (Lipinski definition) is 2. The number of aliphatic carboxylic acids is 1. The first-order valence-corrected chi connectivity index (χ1v) is 7.98.